The topological polar surface area (TPSA) is 104 Å². The van der Waals surface area contributed by atoms with Gasteiger partial charge in [-0.3, -0.25) is 9.10 Å². The van der Waals surface area contributed by atoms with E-state index in [4.69, 9.17) is 0 Å². The minimum Gasteiger partial charge on any atom is -0.354 e. The van der Waals surface area contributed by atoms with Crippen LogP contribution in [0.1, 0.15) is 11.1 Å². The molecule has 8 nitrogen and oxygen atoms in total. The number of hydrogen-bond donors (Lipinski definition) is 1. The Morgan fingerprint density at radius 2 is 1.56 bits per heavy atom. The molecule has 0 aliphatic rings. The van der Waals surface area contributed by atoms with Gasteiger partial charge in [-0.05, 0) is 36.8 Å². The number of sulfonamides is 2. The number of nitrogens with one attached hydrogen (secondary N) is 1. The molecule has 0 saturated carbocycles. The standard InChI is InChI=1S/C21H29N3O5S3/c1-17-5-7-18(8-6-17)16-30-14-13-22-21(25)15-24(31(4,26)27)19-9-11-20(12-10-19)32(28,29)23(2)3/h5-12H,13-16H2,1-4H3,(H,22,25). The zero-order chi connectivity index (χ0) is 23.9. The van der Waals surface area contributed by atoms with Crippen LogP contribution in [-0.4, -0.2) is 66.2 Å². The van der Waals surface area contributed by atoms with E-state index in [2.05, 4.69) is 29.6 Å². The van der Waals surface area contributed by atoms with Crippen molar-refractivity contribution in [3.05, 3.63) is 59.7 Å². The predicted octanol–water partition coefficient (Wildman–Crippen LogP) is 2.06. The molecule has 1 amide bonds. The average Bonchev–Trinajstić information content (AvgIpc) is 2.72. The Bertz CT molecular complexity index is 1110. The maximum atomic E-state index is 12.3. The Morgan fingerprint density at radius 3 is 2.09 bits per heavy atom. The highest BCUT2D eigenvalue weighted by Crippen LogP contribution is 2.21. The van der Waals surface area contributed by atoms with Crippen LogP contribution < -0.4 is 9.62 Å². The van der Waals surface area contributed by atoms with Crippen molar-refractivity contribution in [3.8, 4) is 0 Å². The fourth-order valence-electron chi connectivity index (χ4n) is 2.72. The van der Waals surface area contributed by atoms with Crippen molar-refractivity contribution in [2.45, 2.75) is 17.6 Å². The zero-order valence-electron chi connectivity index (χ0n) is 18.6. The second-order valence-corrected chi connectivity index (χ2v) is 12.6. The Morgan fingerprint density at radius 1 is 0.969 bits per heavy atom. The second kappa shape index (κ2) is 11.2. The van der Waals surface area contributed by atoms with Crippen LogP contribution in [0.15, 0.2) is 53.4 Å². The molecule has 0 aromatic heterocycles. The molecule has 0 saturated heterocycles. The lowest BCUT2D eigenvalue weighted by Crippen LogP contribution is -2.41. The summed E-state index contributed by atoms with van der Waals surface area (Å²) in [6, 6.07) is 13.6. The number of nitrogens with zero attached hydrogens (tertiary/aromatic N) is 2. The van der Waals surface area contributed by atoms with Crippen molar-refractivity contribution in [3.63, 3.8) is 0 Å². The molecule has 2 rings (SSSR count). The van der Waals surface area contributed by atoms with Crippen LogP contribution in [0.25, 0.3) is 0 Å². The molecule has 0 unspecified atom stereocenters. The quantitative estimate of drug-likeness (QED) is 0.475. The first-order valence-corrected chi connectivity index (χ1v) is 14.3. The number of carbonyl (C=O) groups is 1. The van der Waals surface area contributed by atoms with E-state index in [1.807, 2.05) is 6.92 Å². The molecule has 0 heterocycles. The van der Waals surface area contributed by atoms with E-state index in [1.54, 1.807) is 11.8 Å². The Balaban J connectivity index is 1.93. The number of thioether (sulfide) groups is 1. The predicted molar refractivity (Wildman–Crippen MR) is 130 cm³/mol. The van der Waals surface area contributed by atoms with Crippen LogP contribution in [0.5, 0.6) is 0 Å². The maximum Gasteiger partial charge on any atom is 0.242 e. The number of carbonyl (C=O) groups excluding carboxylic acids is 1. The Kier molecular flexibility index (Phi) is 9.14. The van der Waals surface area contributed by atoms with E-state index in [-0.39, 0.29) is 17.1 Å². The molecule has 0 aliphatic heterocycles. The largest absolute Gasteiger partial charge is 0.354 e. The lowest BCUT2D eigenvalue weighted by Gasteiger charge is -2.22. The molecule has 1 N–H and O–H groups in total. The Labute approximate surface area is 195 Å². The van der Waals surface area contributed by atoms with Crippen molar-refractivity contribution in [1.29, 1.82) is 0 Å². The molecule has 0 radical (unpaired) electrons. The van der Waals surface area contributed by atoms with Gasteiger partial charge >= 0.3 is 0 Å². The summed E-state index contributed by atoms with van der Waals surface area (Å²) in [4.78, 5) is 12.4. The van der Waals surface area contributed by atoms with E-state index in [0.717, 1.165) is 20.6 Å². The van der Waals surface area contributed by atoms with Crippen LogP contribution in [0.3, 0.4) is 0 Å². The van der Waals surface area contributed by atoms with Gasteiger partial charge in [-0.2, -0.15) is 11.8 Å². The number of amides is 1. The molecule has 0 fully saturated rings. The van der Waals surface area contributed by atoms with Gasteiger partial charge in [-0.15, -0.1) is 0 Å². The van der Waals surface area contributed by atoms with E-state index < -0.39 is 26.0 Å². The minimum atomic E-state index is -3.75. The fraction of sp³-hybridized carbons (Fsp3) is 0.381. The minimum absolute atomic E-state index is 0.0368. The van der Waals surface area contributed by atoms with Gasteiger partial charge in [0.05, 0.1) is 16.8 Å². The first-order valence-electron chi connectivity index (χ1n) is 9.81. The molecule has 0 bridgehead atoms. The molecule has 176 valence electrons. The number of aryl methyl sites for hydroxylation is 1. The third kappa shape index (κ3) is 7.51. The summed E-state index contributed by atoms with van der Waals surface area (Å²) in [5.74, 6) is 1.08. The van der Waals surface area contributed by atoms with Gasteiger partial charge in [0.2, 0.25) is 26.0 Å². The van der Waals surface area contributed by atoms with Crippen molar-refractivity contribution >= 4 is 43.4 Å². The molecular formula is C21H29N3O5S3. The Hall–Kier alpha value is -2.08. The molecule has 2 aromatic carbocycles. The van der Waals surface area contributed by atoms with Crippen LogP contribution in [-0.2, 0) is 30.6 Å². The molecule has 0 atom stereocenters. The summed E-state index contributed by atoms with van der Waals surface area (Å²) in [5, 5.41) is 2.73. The highest BCUT2D eigenvalue weighted by Gasteiger charge is 2.22. The fourth-order valence-corrected chi connectivity index (χ4v) is 5.30. The van der Waals surface area contributed by atoms with Gasteiger partial charge in [0.1, 0.15) is 6.54 Å². The zero-order valence-corrected chi connectivity index (χ0v) is 21.1. The SMILES string of the molecule is Cc1ccc(CSCCNC(=O)CN(c2ccc(S(=O)(=O)N(C)C)cc2)S(C)(=O)=O)cc1. The molecule has 32 heavy (non-hydrogen) atoms. The second-order valence-electron chi connectivity index (χ2n) is 7.44. The molecule has 0 aliphatic carbocycles. The van der Waals surface area contributed by atoms with Crippen LogP contribution in [0, 0.1) is 6.92 Å². The number of anilines is 1. The van der Waals surface area contributed by atoms with Gasteiger partial charge < -0.3 is 5.32 Å². The first-order chi connectivity index (χ1) is 14.9. The van der Waals surface area contributed by atoms with Crippen LogP contribution in [0.2, 0.25) is 0 Å². The van der Waals surface area contributed by atoms with E-state index in [9.17, 15) is 21.6 Å². The van der Waals surface area contributed by atoms with Gasteiger partial charge in [0, 0.05) is 32.1 Å². The smallest absolute Gasteiger partial charge is 0.242 e. The molecule has 2 aromatic rings. The highest BCUT2D eigenvalue weighted by atomic mass is 32.2. The summed E-state index contributed by atoms with van der Waals surface area (Å²) in [6.07, 6.45) is 1.00. The van der Waals surface area contributed by atoms with Crippen molar-refractivity contribution in [2.75, 3.05) is 43.5 Å². The third-order valence-electron chi connectivity index (χ3n) is 4.55. The normalized spacial score (nSPS) is 12.0. The molecule has 11 heteroatoms. The molecular weight excluding hydrogens is 470 g/mol. The van der Waals surface area contributed by atoms with Crippen LogP contribution >= 0.6 is 11.8 Å². The van der Waals surface area contributed by atoms with Gasteiger partial charge in [-0.25, -0.2) is 21.1 Å². The van der Waals surface area contributed by atoms with E-state index in [0.29, 0.717) is 12.3 Å². The van der Waals surface area contributed by atoms with Gasteiger partial charge in [0.15, 0.2) is 0 Å². The maximum absolute atomic E-state index is 12.3. The summed E-state index contributed by atoms with van der Waals surface area (Å²) in [5.41, 5.74) is 2.62. The highest BCUT2D eigenvalue weighted by molar-refractivity contribution is 7.98. The number of benzene rings is 2. The monoisotopic (exact) mass is 499 g/mol. The summed E-state index contributed by atoms with van der Waals surface area (Å²) >= 11 is 1.67. The first kappa shape index (κ1) is 26.2. The number of rotatable bonds is 11. The summed E-state index contributed by atoms with van der Waals surface area (Å²) < 4.78 is 50.9. The van der Waals surface area contributed by atoms with Gasteiger partial charge in [-0.1, -0.05) is 29.8 Å². The molecule has 0 spiro atoms. The summed E-state index contributed by atoms with van der Waals surface area (Å²) in [7, 11) is -4.55. The summed E-state index contributed by atoms with van der Waals surface area (Å²) in [6.45, 7) is 2.06. The van der Waals surface area contributed by atoms with E-state index >= 15 is 0 Å². The van der Waals surface area contributed by atoms with Crippen molar-refractivity contribution < 1.29 is 21.6 Å². The average molecular weight is 500 g/mol. The van der Waals surface area contributed by atoms with Gasteiger partial charge in [0.25, 0.3) is 0 Å². The number of hydrogen-bond acceptors (Lipinski definition) is 6. The third-order valence-corrected chi connectivity index (χ3v) is 8.55. The lowest BCUT2D eigenvalue weighted by atomic mass is 10.2. The van der Waals surface area contributed by atoms with Crippen molar-refractivity contribution in [2.24, 2.45) is 0 Å². The lowest BCUT2D eigenvalue weighted by molar-refractivity contribution is -0.119. The van der Waals surface area contributed by atoms with Crippen LogP contribution in [0.4, 0.5) is 5.69 Å². The van der Waals surface area contributed by atoms with E-state index in [1.165, 1.54) is 49.5 Å². The van der Waals surface area contributed by atoms with Crippen molar-refractivity contribution in [1.82, 2.24) is 9.62 Å².